The van der Waals surface area contributed by atoms with Crippen molar-refractivity contribution in [2.24, 2.45) is 0 Å². The van der Waals surface area contributed by atoms with E-state index in [2.05, 4.69) is 10.6 Å². The number of carbonyl (C=O) groups excluding carboxylic acids is 4. The highest BCUT2D eigenvalue weighted by molar-refractivity contribution is 5.88. The van der Waals surface area contributed by atoms with Crippen LogP contribution in [0.2, 0.25) is 0 Å². The van der Waals surface area contributed by atoms with Crippen LogP contribution in [0, 0.1) is 0 Å². The quantitative estimate of drug-likeness (QED) is 0.116. The monoisotopic (exact) mass is 616 g/mol. The molecule has 2 aromatic rings. The van der Waals surface area contributed by atoms with E-state index in [9.17, 15) is 39.6 Å². The average Bonchev–Trinajstić information content (AvgIpc) is 3.00. The topological polar surface area (TPSA) is 201 Å². The summed E-state index contributed by atoms with van der Waals surface area (Å²) >= 11 is 0. The molecule has 2 amide bonds. The highest BCUT2D eigenvalue weighted by atomic mass is 16.6. The van der Waals surface area contributed by atoms with Crippen LogP contribution >= 0.6 is 0 Å². The molecule has 0 radical (unpaired) electrons. The predicted octanol–water partition coefficient (Wildman–Crippen LogP) is -0.0639. The first kappa shape index (κ1) is 34.6. The maximum absolute atomic E-state index is 13.4. The lowest BCUT2D eigenvalue weighted by Gasteiger charge is -2.40. The minimum absolute atomic E-state index is 0.00542. The van der Waals surface area contributed by atoms with Crippen LogP contribution in [0.1, 0.15) is 43.7 Å². The Bertz CT molecular complexity index is 1250. The minimum Gasteiger partial charge on any atom is -0.497 e. The van der Waals surface area contributed by atoms with Crippen molar-refractivity contribution in [2.75, 3.05) is 13.7 Å². The van der Waals surface area contributed by atoms with Crippen LogP contribution in [-0.4, -0.2) is 94.4 Å². The number of Topliss-reactive ketones (excluding diaryl/α,β-unsaturated/α-hetero) is 1. The fraction of sp³-hybridized carbons (Fsp3) is 0.484. The van der Waals surface area contributed by atoms with Gasteiger partial charge < -0.3 is 50.1 Å². The van der Waals surface area contributed by atoms with Gasteiger partial charge in [0.1, 0.15) is 47.7 Å². The minimum atomic E-state index is -1.73. The van der Waals surface area contributed by atoms with E-state index in [0.29, 0.717) is 24.2 Å². The van der Waals surface area contributed by atoms with Crippen molar-refractivity contribution >= 4 is 23.6 Å². The predicted molar refractivity (Wildman–Crippen MR) is 155 cm³/mol. The molecule has 1 saturated heterocycles. The Balaban J connectivity index is 1.68. The fourth-order valence-corrected chi connectivity index (χ4v) is 4.64. The molecule has 0 bridgehead atoms. The normalized spacial score (nSPS) is 22.0. The van der Waals surface area contributed by atoms with Crippen molar-refractivity contribution in [3.63, 3.8) is 0 Å². The third kappa shape index (κ3) is 10.4. The van der Waals surface area contributed by atoms with Gasteiger partial charge in [0.25, 0.3) is 0 Å². The number of benzene rings is 2. The first-order valence-electron chi connectivity index (χ1n) is 14.3. The summed E-state index contributed by atoms with van der Waals surface area (Å²) in [5, 5.41) is 45.4. The fourth-order valence-electron chi connectivity index (χ4n) is 4.64. The second-order valence-corrected chi connectivity index (χ2v) is 10.6. The van der Waals surface area contributed by atoms with Gasteiger partial charge in [-0.2, -0.15) is 0 Å². The van der Waals surface area contributed by atoms with Crippen LogP contribution in [0.5, 0.6) is 11.5 Å². The molecular formula is C31H40N2O11. The smallest absolute Gasteiger partial charge is 0.311 e. The summed E-state index contributed by atoms with van der Waals surface area (Å²) < 4.78 is 15.6. The van der Waals surface area contributed by atoms with E-state index in [1.165, 1.54) is 19.1 Å². The van der Waals surface area contributed by atoms with E-state index in [0.717, 1.165) is 5.56 Å². The summed E-state index contributed by atoms with van der Waals surface area (Å²) in [6.45, 7) is 0.788. The van der Waals surface area contributed by atoms with Crippen LogP contribution in [0.25, 0.3) is 0 Å². The number of nitrogens with one attached hydrogen (secondary N) is 2. The number of hydrogen-bond acceptors (Lipinski definition) is 11. The molecule has 3 rings (SSSR count). The molecule has 0 saturated carbocycles. The number of methoxy groups -OCH3 is 1. The number of amides is 2. The molecular weight excluding hydrogens is 576 g/mol. The van der Waals surface area contributed by atoms with E-state index in [1.54, 1.807) is 31.4 Å². The Kier molecular flexibility index (Phi) is 13.2. The second kappa shape index (κ2) is 16.8. The molecule has 44 heavy (non-hydrogen) atoms. The molecule has 0 aromatic heterocycles. The average molecular weight is 617 g/mol. The Hall–Kier alpha value is -3.88. The molecule has 6 N–H and O–H groups in total. The van der Waals surface area contributed by atoms with Gasteiger partial charge in [0, 0.05) is 25.7 Å². The lowest BCUT2D eigenvalue weighted by atomic mass is 9.96. The molecule has 240 valence electrons. The zero-order chi connectivity index (χ0) is 32.2. The highest BCUT2D eigenvalue weighted by Gasteiger charge is 2.44. The maximum Gasteiger partial charge on any atom is 0.311 e. The zero-order valence-electron chi connectivity index (χ0n) is 24.7. The third-order valence-electron chi connectivity index (χ3n) is 7.17. The van der Waals surface area contributed by atoms with Gasteiger partial charge in [0.2, 0.25) is 11.8 Å². The van der Waals surface area contributed by atoms with Crippen LogP contribution < -0.4 is 20.1 Å². The zero-order valence-corrected chi connectivity index (χ0v) is 24.7. The summed E-state index contributed by atoms with van der Waals surface area (Å²) in [5.41, 5.74) is 1.48. The largest absolute Gasteiger partial charge is 0.497 e. The number of ketones is 1. The first-order chi connectivity index (χ1) is 21.0. The lowest BCUT2D eigenvalue weighted by molar-refractivity contribution is -0.254. The molecule has 1 fully saturated rings. The molecule has 0 spiro atoms. The van der Waals surface area contributed by atoms with Crippen molar-refractivity contribution in [3.05, 3.63) is 59.7 Å². The Labute approximate surface area is 255 Å². The summed E-state index contributed by atoms with van der Waals surface area (Å²) in [7, 11) is 1.55. The van der Waals surface area contributed by atoms with Crippen molar-refractivity contribution in [3.8, 4) is 11.5 Å². The summed E-state index contributed by atoms with van der Waals surface area (Å²) in [5.74, 6) is -0.750. The molecule has 1 aliphatic rings. The van der Waals surface area contributed by atoms with Crippen molar-refractivity contribution in [1.82, 2.24) is 10.6 Å². The third-order valence-corrected chi connectivity index (χ3v) is 7.17. The molecule has 0 aliphatic carbocycles. The standard InChI is InChI=1S/C31H40N2O11/c1-18(35)4-3-5-26(37)43-22-13-8-20(9-14-22)16-23(32-25(36)15-10-19-6-11-21(42-2)12-7-19)30(40)33-27-29(39)28(38)24(17-34)44-31(27)41/h6-9,11-14,23-24,27-29,31,34,38-39,41H,3-5,10,15-17H2,1-2H3,(H,32,36)(H,33,40). The number of ether oxygens (including phenoxy) is 3. The molecule has 13 heteroatoms. The molecule has 13 nitrogen and oxygen atoms in total. The molecule has 2 aromatic carbocycles. The van der Waals surface area contributed by atoms with E-state index in [-0.39, 0.29) is 37.2 Å². The van der Waals surface area contributed by atoms with Gasteiger partial charge in [0.05, 0.1) is 13.7 Å². The molecule has 1 heterocycles. The SMILES string of the molecule is COc1ccc(CCC(=O)NC(Cc2ccc(OC(=O)CCCC(C)=O)cc2)C(=O)NC2C(O)OC(CO)C(O)C2O)cc1. The van der Waals surface area contributed by atoms with Gasteiger partial charge >= 0.3 is 5.97 Å². The van der Waals surface area contributed by atoms with Crippen molar-refractivity contribution in [1.29, 1.82) is 0 Å². The van der Waals surface area contributed by atoms with Gasteiger partial charge in [-0.3, -0.25) is 14.4 Å². The summed E-state index contributed by atoms with van der Waals surface area (Å²) in [6, 6.07) is 10.9. The van der Waals surface area contributed by atoms with E-state index >= 15 is 0 Å². The number of aliphatic hydroxyl groups excluding tert-OH is 4. The van der Waals surface area contributed by atoms with E-state index in [1.807, 2.05) is 12.1 Å². The Morgan fingerprint density at radius 2 is 1.52 bits per heavy atom. The van der Waals surface area contributed by atoms with Crippen molar-refractivity contribution in [2.45, 2.75) is 82.1 Å². The molecule has 1 aliphatic heterocycles. The van der Waals surface area contributed by atoms with E-state index in [4.69, 9.17) is 14.2 Å². The van der Waals surface area contributed by atoms with Crippen LogP contribution in [0.3, 0.4) is 0 Å². The van der Waals surface area contributed by atoms with Crippen molar-refractivity contribution < 1.29 is 53.8 Å². The van der Waals surface area contributed by atoms with Gasteiger partial charge in [0.15, 0.2) is 6.29 Å². The highest BCUT2D eigenvalue weighted by Crippen LogP contribution is 2.21. The number of esters is 1. The van der Waals surface area contributed by atoms with Gasteiger partial charge in [-0.25, -0.2) is 0 Å². The first-order valence-corrected chi connectivity index (χ1v) is 14.3. The Morgan fingerprint density at radius 1 is 0.886 bits per heavy atom. The number of hydrogen-bond donors (Lipinski definition) is 6. The Morgan fingerprint density at radius 3 is 2.14 bits per heavy atom. The lowest BCUT2D eigenvalue weighted by Crippen LogP contribution is -2.65. The van der Waals surface area contributed by atoms with E-state index < -0.39 is 61.1 Å². The van der Waals surface area contributed by atoms with Gasteiger partial charge in [-0.15, -0.1) is 0 Å². The maximum atomic E-state index is 13.4. The number of aryl methyl sites for hydroxylation is 1. The second-order valence-electron chi connectivity index (χ2n) is 10.6. The number of carbonyl (C=O) groups is 4. The number of aliphatic hydroxyl groups is 4. The van der Waals surface area contributed by atoms with Gasteiger partial charge in [-0.05, 0) is 55.2 Å². The molecule has 6 atom stereocenters. The van der Waals surface area contributed by atoms with Gasteiger partial charge in [-0.1, -0.05) is 24.3 Å². The van der Waals surface area contributed by atoms with Crippen LogP contribution in [0.15, 0.2) is 48.5 Å². The number of rotatable bonds is 15. The molecule has 6 unspecified atom stereocenters. The van der Waals surface area contributed by atoms with Crippen LogP contribution in [-0.2, 0) is 36.8 Å². The van der Waals surface area contributed by atoms with Crippen LogP contribution in [0.4, 0.5) is 0 Å². The summed E-state index contributed by atoms with van der Waals surface area (Å²) in [4.78, 5) is 49.4. The summed E-state index contributed by atoms with van der Waals surface area (Å²) in [6.07, 6.45) is -5.02.